The maximum absolute atomic E-state index is 12.5. The summed E-state index contributed by atoms with van der Waals surface area (Å²) in [6.07, 6.45) is 0. The lowest BCUT2D eigenvalue weighted by Crippen LogP contribution is -2.30. The molecule has 0 aromatic heterocycles. The molecular formula is C19H24ClN3O2. The van der Waals surface area contributed by atoms with Crippen molar-refractivity contribution in [2.24, 2.45) is 11.7 Å². The van der Waals surface area contributed by atoms with Gasteiger partial charge in [-0.2, -0.15) is 0 Å². The van der Waals surface area contributed by atoms with Gasteiger partial charge in [-0.3, -0.25) is 9.59 Å². The van der Waals surface area contributed by atoms with E-state index in [9.17, 15) is 9.59 Å². The monoisotopic (exact) mass is 361 g/mol. The van der Waals surface area contributed by atoms with E-state index in [0.717, 1.165) is 5.56 Å². The summed E-state index contributed by atoms with van der Waals surface area (Å²) >= 11 is 0. The third-order valence-electron chi connectivity index (χ3n) is 3.92. The van der Waals surface area contributed by atoms with E-state index in [4.69, 9.17) is 5.73 Å². The van der Waals surface area contributed by atoms with E-state index in [1.54, 1.807) is 45.3 Å². The number of carbonyl (C=O) groups excluding carboxylic acids is 2. The number of benzene rings is 2. The summed E-state index contributed by atoms with van der Waals surface area (Å²) in [7, 11) is 3.38. The van der Waals surface area contributed by atoms with Gasteiger partial charge in [0.15, 0.2) is 0 Å². The SMILES string of the molecule is CC(C(=O)Nc1cccc(C(=O)N(C)C)c1)C(N)c1ccccc1.Cl. The molecule has 0 aliphatic rings. The van der Waals surface area contributed by atoms with Crippen LogP contribution in [0.25, 0.3) is 0 Å². The fourth-order valence-electron chi connectivity index (χ4n) is 2.37. The Hall–Kier alpha value is -2.37. The van der Waals surface area contributed by atoms with Crippen LogP contribution in [-0.2, 0) is 4.79 Å². The van der Waals surface area contributed by atoms with Gasteiger partial charge in [0.05, 0.1) is 5.92 Å². The third kappa shape index (κ3) is 5.31. The van der Waals surface area contributed by atoms with Gasteiger partial charge in [0.1, 0.15) is 0 Å². The van der Waals surface area contributed by atoms with Gasteiger partial charge in [0, 0.05) is 31.4 Å². The molecule has 6 heteroatoms. The van der Waals surface area contributed by atoms with Crippen LogP contribution < -0.4 is 11.1 Å². The maximum atomic E-state index is 12.5. The van der Waals surface area contributed by atoms with Crippen molar-refractivity contribution in [3.05, 3.63) is 65.7 Å². The minimum Gasteiger partial charge on any atom is -0.345 e. The molecule has 0 radical (unpaired) electrons. The van der Waals surface area contributed by atoms with Crippen LogP contribution in [-0.4, -0.2) is 30.8 Å². The summed E-state index contributed by atoms with van der Waals surface area (Å²) in [5.74, 6) is -0.693. The number of rotatable bonds is 5. The Morgan fingerprint density at radius 2 is 1.68 bits per heavy atom. The largest absolute Gasteiger partial charge is 0.345 e. The topological polar surface area (TPSA) is 75.4 Å². The fourth-order valence-corrected chi connectivity index (χ4v) is 2.37. The second kappa shape index (κ2) is 9.20. The van der Waals surface area contributed by atoms with Crippen LogP contribution in [0.3, 0.4) is 0 Å². The third-order valence-corrected chi connectivity index (χ3v) is 3.92. The molecule has 0 fully saturated rings. The Kier molecular flexibility index (Phi) is 7.61. The molecule has 2 aromatic carbocycles. The summed E-state index contributed by atoms with van der Waals surface area (Å²) in [6.45, 7) is 1.79. The Bertz CT molecular complexity index is 720. The first kappa shape index (κ1) is 20.7. The van der Waals surface area contributed by atoms with Crippen molar-refractivity contribution < 1.29 is 9.59 Å². The molecule has 0 aliphatic carbocycles. The van der Waals surface area contributed by atoms with Crippen LogP contribution >= 0.6 is 12.4 Å². The van der Waals surface area contributed by atoms with Gasteiger partial charge in [-0.1, -0.05) is 43.3 Å². The molecule has 0 saturated heterocycles. The van der Waals surface area contributed by atoms with Crippen molar-refractivity contribution in [2.75, 3.05) is 19.4 Å². The second-order valence-corrected chi connectivity index (χ2v) is 5.99. The number of nitrogens with one attached hydrogen (secondary N) is 1. The van der Waals surface area contributed by atoms with Gasteiger partial charge < -0.3 is 16.0 Å². The molecule has 0 saturated carbocycles. The number of hydrogen-bond donors (Lipinski definition) is 2. The quantitative estimate of drug-likeness (QED) is 0.859. The molecule has 0 spiro atoms. The number of amides is 2. The highest BCUT2D eigenvalue weighted by Crippen LogP contribution is 2.21. The van der Waals surface area contributed by atoms with Crippen molar-refractivity contribution in [1.82, 2.24) is 4.90 Å². The molecule has 2 amide bonds. The van der Waals surface area contributed by atoms with Crippen molar-refractivity contribution in [3.8, 4) is 0 Å². The van der Waals surface area contributed by atoms with Crippen LogP contribution in [0, 0.1) is 5.92 Å². The van der Waals surface area contributed by atoms with Crippen LogP contribution in [0.15, 0.2) is 54.6 Å². The zero-order valence-electron chi connectivity index (χ0n) is 14.6. The fraction of sp³-hybridized carbons (Fsp3) is 0.263. The Balaban J connectivity index is 0.00000312. The average Bonchev–Trinajstić information content (AvgIpc) is 2.60. The van der Waals surface area contributed by atoms with Gasteiger partial charge in [-0.25, -0.2) is 0 Å². The van der Waals surface area contributed by atoms with Crippen molar-refractivity contribution >= 4 is 29.9 Å². The molecule has 2 unspecified atom stereocenters. The van der Waals surface area contributed by atoms with E-state index < -0.39 is 12.0 Å². The smallest absolute Gasteiger partial charge is 0.253 e. The van der Waals surface area contributed by atoms with Crippen molar-refractivity contribution in [2.45, 2.75) is 13.0 Å². The van der Waals surface area contributed by atoms with Crippen molar-refractivity contribution in [1.29, 1.82) is 0 Å². The first-order valence-corrected chi connectivity index (χ1v) is 7.83. The van der Waals surface area contributed by atoms with E-state index in [2.05, 4.69) is 5.32 Å². The molecule has 5 nitrogen and oxygen atoms in total. The van der Waals surface area contributed by atoms with Gasteiger partial charge in [-0.15, -0.1) is 12.4 Å². The van der Waals surface area contributed by atoms with E-state index in [0.29, 0.717) is 11.3 Å². The van der Waals surface area contributed by atoms with E-state index in [1.807, 2.05) is 30.3 Å². The Morgan fingerprint density at radius 3 is 2.28 bits per heavy atom. The molecule has 2 rings (SSSR count). The van der Waals surface area contributed by atoms with Gasteiger partial charge in [-0.05, 0) is 23.8 Å². The van der Waals surface area contributed by atoms with Crippen molar-refractivity contribution in [3.63, 3.8) is 0 Å². The van der Waals surface area contributed by atoms with E-state index >= 15 is 0 Å². The maximum Gasteiger partial charge on any atom is 0.253 e. The van der Waals surface area contributed by atoms with Gasteiger partial charge >= 0.3 is 0 Å². The summed E-state index contributed by atoms with van der Waals surface area (Å²) in [5, 5.41) is 2.84. The van der Waals surface area contributed by atoms with Gasteiger partial charge in [0.2, 0.25) is 5.91 Å². The molecule has 2 atom stereocenters. The number of anilines is 1. The molecule has 0 aliphatic heterocycles. The second-order valence-electron chi connectivity index (χ2n) is 5.99. The molecule has 3 N–H and O–H groups in total. The predicted molar refractivity (Wildman–Crippen MR) is 103 cm³/mol. The molecular weight excluding hydrogens is 338 g/mol. The Labute approximate surface area is 154 Å². The number of nitrogens with zero attached hydrogens (tertiary/aromatic N) is 1. The average molecular weight is 362 g/mol. The van der Waals surface area contributed by atoms with E-state index in [-0.39, 0.29) is 24.2 Å². The highest BCUT2D eigenvalue weighted by molar-refractivity contribution is 5.97. The lowest BCUT2D eigenvalue weighted by Gasteiger charge is -2.20. The lowest BCUT2D eigenvalue weighted by molar-refractivity contribution is -0.120. The Morgan fingerprint density at radius 1 is 1.04 bits per heavy atom. The minimum absolute atomic E-state index is 0. The number of nitrogens with two attached hydrogens (primary N) is 1. The summed E-state index contributed by atoms with van der Waals surface area (Å²) in [6, 6.07) is 16.0. The van der Waals surface area contributed by atoms with E-state index in [1.165, 1.54) is 4.90 Å². The van der Waals surface area contributed by atoms with Crippen LogP contribution in [0.5, 0.6) is 0 Å². The van der Waals surface area contributed by atoms with Gasteiger partial charge in [0.25, 0.3) is 5.91 Å². The summed E-state index contributed by atoms with van der Waals surface area (Å²) in [4.78, 5) is 26.0. The minimum atomic E-state index is -0.402. The number of halogens is 1. The van der Waals surface area contributed by atoms with Crippen LogP contribution in [0.2, 0.25) is 0 Å². The highest BCUT2D eigenvalue weighted by Gasteiger charge is 2.22. The first-order valence-electron chi connectivity index (χ1n) is 7.83. The lowest BCUT2D eigenvalue weighted by atomic mass is 9.94. The zero-order chi connectivity index (χ0) is 17.7. The standard InChI is InChI=1S/C19H23N3O2.ClH/c1-13(17(20)14-8-5-4-6-9-14)18(23)21-16-11-7-10-15(12-16)19(24)22(2)3;/h4-13,17H,20H2,1-3H3,(H,21,23);1H. The molecule has 2 aromatic rings. The van der Waals surface area contributed by atoms with Crippen LogP contribution in [0.1, 0.15) is 28.9 Å². The first-order chi connectivity index (χ1) is 11.4. The molecule has 0 heterocycles. The summed E-state index contributed by atoms with van der Waals surface area (Å²) < 4.78 is 0. The highest BCUT2D eigenvalue weighted by atomic mass is 35.5. The predicted octanol–water partition coefficient (Wildman–Crippen LogP) is 3.08. The normalized spacial score (nSPS) is 12.5. The zero-order valence-corrected chi connectivity index (χ0v) is 15.4. The number of hydrogen-bond acceptors (Lipinski definition) is 3. The number of carbonyl (C=O) groups is 2. The molecule has 0 bridgehead atoms. The molecule has 134 valence electrons. The molecule has 25 heavy (non-hydrogen) atoms. The van der Waals surface area contributed by atoms with Crippen LogP contribution in [0.4, 0.5) is 5.69 Å². The summed E-state index contributed by atoms with van der Waals surface area (Å²) in [5.41, 5.74) is 8.21.